The maximum Gasteiger partial charge on any atom is 0.171 e. The molecule has 1 N–H and O–H groups in total. The molecule has 2 heteroatoms. The van der Waals surface area contributed by atoms with Crippen molar-refractivity contribution in [2.75, 3.05) is 0 Å². The maximum atomic E-state index is 12.7. The number of Topliss-reactive ketones (excluding diaryl/α,β-unsaturated/α-hetero) is 1. The molecule has 25 heavy (non-hydrogen) atoms. The number of unbranched alkanes of at least 4 members (excludes halogenated alkanes) is 3. The van der Waals surface area contributed by atoms with Crippen LogP contribution in [0.25, 0.3) is 5.57 Å². The molecule has 0 fully saturated rings. The van der Waals surface area contributed by atoms with Gasteiger partial charge in [0.15, 0.2) is 5.78 Å². The number of carbonyl (C=O) groups is 1. The quantitative estimate of drug-likeness (QED) is 0.630. The Labute approximate surface area is 152 Å². The molecule has 0 aromatic heterocycles. The molecule has 1 aliphatic rings. The summed E-state index contributed by atoms with van der Waals surface area (Å²) < 4.78 is 0. The molecule has 2 rings (SSSR count). The van der Waals surface area contributed by atoms with Crippen LogP contribution >= 0.6 is 0 Å². The van der Waals surface area contributed by atoms with Gasteiger partial charge in [-0.25, -0.2) is 0 Å². The Morgan fingerprint density at radius 2 is 2.00 bits per heavy atom. The summed E-state index contributed by atoms with van der Waals surface area (Å²) in [7, 11) is 0. The van der Waals surface area contributed by atoms with Gasteiger partial charge in [0, 0.05) is 12.3 Å². The predicted molar refractivity (Wildman–Crippen MR) is 106 cm³/mol. The molecule has 1 aromatic rings. The lowest BCUT2D eigenvalue weighted by Crippen LogP contribution is -2.40. The van der Waals surface area contributed by atoms with Crippen molar-refractivity contribution in [3.05, 3.63) is 53.1 Å². The molecule has 0 bridgehead atoms. The molecular formula is C23H32O2. The summed E-state index contributed by atoms with van der Waals surface area (Å²) in [5, 5.41) is 10.8. The zero-order valence-electron chi connectivity index (χ0n) is 16.1. The molecule has 0 spiro atoms. The molecule has 0 aliphatic heterocycles. The fourth-order valence-electron chi connectivity index (χ4n) is 3.51. The second-order valence-corrected chi connectivity index (χ2v) is 7.48. The second-order valence-electron chi connectivity index (χ2n) is 7.48. The first-order valence-corrected chi connectivity index (χ1v) is 9.61. The first-order chi connectivity index (χ1) is 11.9. The number of benzene rings is 1. The van der Waals surface area contributed by atoms with Crippen LogP contribution in [0.2, 0.25) is 0 Å². The minimum Gasteiger partial charge on any atom is -0.378 e. The number of rotatable bonds is 8. The van der Waals surface area contributed by atoms with Gasteiger partial charge in [0.2, 0.25) is 0 Å². The van der Waals surface area contributed by atoms with Crippen molar-refractivity contribution >= 4 is 11.4 Å². The third-order valence-electron chi connectivity index (χ3n) is 5.45. The maximum absolute atomic E-state index is 12.7. The van der Waals surface area contributed by atoms with E-state index in [0.717, 1.165) is 18.4 Å². The van der Waals surface area contributed by atoms with Crippen molar-refractivity contribution in [3.8, 4) is 0 Å². The molecule has 0 saturated carbocycles. The van der Waals surface area contributed by atoms with Crippen molar-refractivity contribution in [1.29, 1.82) is 0 Å². The van der Waals surface area contributed by atoms with Crippen LogP contribution in [0.15, 0.2) is 36.4 Å². The molecule has 0 amide bonds. The number of aliphatic hydroxyl groups is 1. The molecule has 1 aliphatic carbocycles. The molecule has 1 aromatic carbocycles. The zero-order chi connectivity index (χ0) is 18.4. The van der Waals surface area contributed by atoms with E-state index in [4.69, 9.17) is 0 Å². The van der Waals surface area contributed by atoms with Gasteiger partial charge in [-0.05, 0) is 48.6 Å². The van der Waals surface area contributed by atoms with Crippen LogP contribution in [0.5, 0.6) is 0 Å². The average molecular weight is 341 g/mol. The first-order valence-electron chi connectivity index (χ1n) is 9.61. The predicted octanol–water partition coefficient (Wildman–Crippen LogP) is 5.55. The summed E-state index contributed by atoms with van der Waals surface area (Å²) in [5.74, 6) is -0.140. The number of ketones is 1. The van der Waals surface area contributed by atoms with E-state index in [1.54, 1.807) is 6.08 Å². The summed E-state index contributed by atoms with van der Waals surface area (Å²) in [6, 6.07) is 6.25. The van der Waals surface area contributed by atoms with Crippen molar-refractivity contribution < 1.29 is 9.90 Å². The highest BCUT2D eigenvalue weighted by Crippen LogP contribution is 2.32. The monoisotopic (exact) mass is 340 g/mol. The molecule has 0 radical (unpaired) electrons. The van der Waals surface area contributed by atoms with Crippen LogP contribution in [0.4, 0.5) is 0 Å². The summed E-state index contributed by atoms with van der Waals surface area (Å²) >= 11 is 0. The number of allylic oxidation sites excluding steroid dienone is 2. The average Bonchev–Trinajstić information content (AvgIpc) is 2.61. The third-order valence-corrected chi connectivity index (χ3v) is 5.45. The van der Waals surface area contributed by atoms with Crippen LogP contribution in [0, 0.1) is 19.8 Å². The number of carbonyl (C=O) groups excluding carboxylic acids is 1. The van der Waals surface area contributed by atoms with Gasteiger partial charge in [0.05, 0.1) is 0 Å². The molecule has 136 valence electrons. The van der Waals surface area contributed by atoms with Crippen LogP contribution in [0.1, 0.15) is 69.1 Å². The van der Waals surface area contributed by atoms with Crippen LogP contribution in [0.3, 0.4) is 0 Å². The zero-order valence-corrected chi connectivity index (χ0v) is 16.1. The molecular weight excluding hydrogens is 308 g/mol. The number of aryl methyl sites for hydroxylation is 1. The largest absolute Gasteiger partial charge is 0.378 e. The minimum absolute atomic E-state index is 0.0449. The molecule has 2 unspecified atom stereocenters. The van der Waals surface area contributed by atoms with E-state index >= 15 is 0 Å². The van der Waals surface area contributed by atoms with Gasteiger partial charge in [0.1, 0.15) is 5.60 Å². The fourth-order valence-corrected chi connectivity index (χ4v) is 3.51. The Kier molecular flexibility index (Phi) is 6.78. The van der Waals surface area contributed by atoms with Crippen LogP contribution < -0.4 is 0 Å². The minimum atomic E-state index is -1.34. The van der Waals surface area contributed by atoms with Crippen LogP contribution in [-0.2, 0) is 4.79 Å². The van der Waals surface area contributed by atoms with Gasteiger partial charge >= 0.3 is 0 Å². The Morgan fingerprint density at radius 1 is 1.24 bits per heavy atom. The first kappa shape index (κ1) is 19.7. The van der Waals surface area contributed by atoms with E-state index in [2.05, 4.69) is 39.0 Å². The lowest BCUT2D eigenvalue weighted by atomic mass is 9.80. The lowest BCUT2D eigenvalue weighted by molar-refractivity contribution is -0.136. The van der Waals surface area contributed by atoms with Gasteiger partial charge in [-0.1, -0.05) is 69.9 Å². The summed E-state index contributed by atoms with van der Waals surface area (Å²) in [5.41, 5.74) is 3.43. The lowest BCUT2D eigenvalue weighted by Gasteiger charge is -2.28. The van der Waals surface area contributed by atoms with Gasteiger partial charge in [-0.3, -0.25) is 4.79 Å². The standard InChI is InChI=1S/C23H32O2/c1-5-6-7-8-10-18(3)22(24)23(25)15-13-20(14-16-23)21-12-9-11-17(2)19(21)4/h9,11-15,18,25H,5-8,10,16H2,1-4H3. The molecule has 0 saturated heterocycles. The summed E-state index contributed by atoms with van der Waals surface area (Å²) in [6.07, 6.45) is 11.5. The van der Waals surface area contributed by atoms with E-state index in [1.807, 2.05) is 19.1 Å². The number of hydrogen-bond donors (Lipinski definition) is 1. The van der Waals surface area contributed by atoms with Gasteiger partial charge in [-0.2, -0.15) is 0 Å². The highest BCUT2D eigenvalue weighted by molar-refractivity contribution is 5.93. The normalized spacial score (nSPS) is 21.1. The van der Waals surface area contributed by atoms with E-state index in [0.29, 0.717) is 6.42 Å². The van der Waals surface area contributed by atoms with E-state index in [9.17, 15) is 9.90 Å². The van der Waals surface area contributed by atoms with E-state index in [1.165, 1.54) is 36.0 Å². The third kappa shape index (κ3) is 4.70. The van der Waals surface area contributed by atoms with Crippen molar-refractivity contribution in [2.24, 2.45) is 5.92 Å². The summed E-state index contributed by atoms with van der Waals surface area (Å²) in [6.45, 7) is 8.35. The van der Waals surface area contributed by atoms with Crippen molar-refractivity contribution in [2.45, 2.75) is 71.8 Å². The molecule has 2 atom stereocenters. The van der Waals surface area contributed by atoms with E-state index < -0.39 is 5.60 Å². The Balaban J connectivity index is 2.03. The Morgan fingerprint density at radius 3 is 2.64 bits per heavy atom. The van der Waals surface area contributed by atoms with Crippen molar-refractivity contribution in [1.82, 2.24) is 0 Å². The summed E-state index contributed by atoms with van der Waals surface area (Å²) in [4.78, 5) is 12.7. The highest BCUT2D eigenvalue weighted by atomic mass is 16.3. The van der Waals surface area contributed by atoms with Crippen molar-refractivity contribution in [3.63, 3.8) is 0 Å². The van der Waals surface area contributed by atoms with Gasteiger partial charge in [0.25, 0.3) is 0 Å². The van der Waals surface area contributed by atoms with Gasteiger partial charge in [-0.15, -0.1) is 0 Å². The second kappa shape index (κ2) is 8.62. The van der Waals surface area contributed by atoms with Crippen LogP contribution in [-0.4, -0.2) is 16.5 Å². The molecule has 2 nitrogen and oxygen atoms in total. The Bertz CT molecular complexity index is 669. The Hall–Kier alpha value is -1.67. The fraction of sp³-hybridized carbons (Fsp3) is 0.522. The smallest absolute Gasteiger partial charge is 0.171 e. The molecule has 0 heterocycles. The van der Waals surface area contributed by atoms with Gasteiger partial charge < -0.3 is 5.11 Å². The van der Waals surface area contributed by atoms with E-state index in [-0.39, 0.29) is 11.7 Å². The number of hydrogen-bond acceptors (Lipinski definition) is 2. The SMILES string of the molecule is CCCCCCC(C)C(=O)C1(O)C=CC(c2cccc(C)c2C)=CC1. The topological polar surface area (TPSA) is 37.3 Å². The highest BCUT2D eigenvalue weighted by Gasteiger charge is 2.36.